The largest absolute Gasteiger partial charge is 0.496 e. The van der Waals surface area contributed by atoms with E-state index >= 15 is 0 Å². The second-order valence-electron chi connectivity index (χ2n) is 5.71. The lowest BCUT2D eigenvalue weighted by atomic mass is 9.79. The predicted molar refractivity (Wildman–Crippen MR) is 90.5 cm³/mol. The summed E-state index contributed by atoms with van der Waals surface area (Å²) in [5.41, 5.74) is 14.9. The van der Waals surface area contributed by atoms with Gasteiger partial charge < -0.3 is 16.2 Å². The molecule has 0 amide bonds. The SMILES string of the molecule is COc1ccccc1-c1cc(C2(N)C=CC(N)=CC2C)ncn1. The molecule has 0 fully saturated rings. The number of ether oxygens (including phenoxy) is 1. The fourth-order valence-electron chi connectivity index (χ4n) is 2.78. The van der Waals surface area contributed by atoms with Gasteiger partial charge in [-0.15, -0.1) is 0 Å². The lowest BCUT2D eigenvalue weighted by Gasteiger charge is -2.33. The summed E-state index contributed by atoms with van der Waals surface area (Å²) in [4.78, 5) is 8.77. The van der Waals surface area contributed by atoms with Crippen molar-refractivity contribution in [2.45, 2.75) is 12.5 Å². The van der Waals surface area contributed by atoms with Gasteiger partial charge in [-0.3, -0.25) is 0 Å². The van der Waals surface area contributed by atoms with Gasteiger partial charge in [0, 0.05) is 17.2 Å². The van der Waals surface area contributed by atoms with E-state index in [4.69, 9.17) is 16.2 Å². The molecule has 2 atom stereocenters. The maximum atomic E-state index is 6.60. The van der Waals surface area contributed by atoms with E-state index in [1.807, 2.05) is 55.5 Å². The van der Waals surface area contributed by atoms with Crippen LogP contribution in [0.2, 0.25) is 0 Å². The zero-order valence-corrected chi connectivity index (χ0v) is 13.2. The molecule has 1 aliphatic carbocycles. The quantitative estimate of drug-likeness (QED) is 0.909. The molecule has 0 radical (unpaired) electrons. The molecule has 1 aromatic heterocycles. The minimum atomic E-state index is -0.706. The van der Waals surface area contributed by atoms with Crippen LogP contribution in [-0.2, 0) is 5.54 Å². The van der Waals surface area contributed by atoms with Crippen LogP contribution in [0.4, 0.5) is 0 Å². The Morgan fingerprint density at radius 2 is 2.00 bits per heavy atom. The molecule has 1 aliphatic rings. The highest BCUT2D eigenvalue weighted by atomic mass is 16.5. The molecule has 0 saturated heterocycles. The minimum Gasteiger partial charge on any atom is -0.496 e. The van der Waals surface area contributed by atoms with Crippen LogP contribution in [0.15, 0.2) is 60.6 Å². The van der Waals surface area contributed by atoms with Crippen molar-refractivity contribution >= 4 is 0 Å². The summed E-state index contributed by atoms with van der Waals surface area (Å²) in [6, 6.07) is 9.65. The van der Waals surface area contributed by atoms with Gasteiger partial charge in [-0.1, -0.05) is 31.2 Å². The highest BCUT2D eigenvalue weighted by Crippen LogP contribution is 2.34. The summed E-state index contributed by atoms with van der Waals surface area (Å²) < 4.78 is 5.41. The topological polar surface area (TPSA) is 87.0 Å². The van der Waals surface area contributed by atoms with Crippen molar-refractivity contribution in [2.75, 3.05) is 7.11 Å². The van der Waals surface area contributed by atoms with Gasteiger partial charge in [0.05, 0.1) is 24.0 Å². The summed E-state index contributed by atoms with van der Waals surface area (Å²) in [6.07, 6.45) is 7.21. The van der Waals surface area contributed by atoms with Crippen molar-refractivity contribution in [3.8, 4) is 17.0 Å². The highest BCUT2D eigenvalue weighted by molar-refractivity contribution is 5.67. The molecule has 2 aromatic rings. The van der Waals surface area contributed by atoms with Gasteiger partial charge in [-0.05, 0) is 24.3 Å². The fourth-order valence-corrected chi connectivity index (χ4v) is 2.78. The molecule has 4 N–H and O–H groups in total. The van der Waals surface area contributed by atoms with Crippen LogP contribution in [0.3, 0.4) is 0 Å². The first-order valence-corrected chi connectivity index (χ1v) is 7.46. The molecule has 3 rings (SSSR count). The number of hydrogen-bond acceptors (Lipinski definition) is 5. The summed E-state index contributed by atoms with van der Waals surface area (Å²) in [5.74, 6) is 0.799. The number of aromatic nitrogens is 2. The van der Waals surface area contributed by atoms with Crippen molar-refractivity contribution in [1.82, 2.24) is 9.97 Å². The summed E-state index contributed by atoms with van der Waals surface area (Å²) >= 11 is 0. The Morgan fingerprint density at radius 3 is 2.74 bits per heavy atom. The Hall–Kier alpha value is -2.66. The first-order chi connectivity index (χ1) is 11.0. The second-order valence-corrected chi connectivity index (χ2v) is 5.71. The number of benzene rings is 1. The molecule has 23 heavy (non-hydrogen) atoms. The van der Waals surface area contributed by atoms with Gasteiger partial charge >= 0.3 is 0 Å². The van der Waals surface area contributed by atoms with Crippen molar-refractivity contribution in [2.24, 2.45) is 17.4 Å². The van der Waals surface area contributed by atoms with Crippen LogP contribution in [0.1, 0.15) is 12.6 Å². The molecule has 1 aromatic carbocycles. The Labute approximate surface area is 135 Å². The normalized spacial score (nSPS) is 23.4. The zero-order valence-electron chi connectivity index (χ0n) is 13.2. The highest BCUT2D eigenvalue weighted by Gasteiger charge is 2.34. The van der Waals surface area contributed by atoms with Crippen LogP contribution in [-0.4, -0.2) is 17.1 Å². The Morgan fingerprint density at radius 1 is 1.22 bits per heavy atom. The number of nitrogens with zero attached hydrogens (tertiary/aromatic N) is 2. The van der Waals surface area contributed by atoms with E-state index in [0.29, 0.717) is 0 Å². The van der Waals surface area contributed by atoms with E-state index in [9.17, 15) is 0 Å². The fraction of sp³-hybridized carbons (Fsp3) is 0.222. The molecule has 1 heterocycles. The third kappa shape index (κ3) is 2.71. The Kier molecular flexibility index (Phi) is 3.88. The van der Waals surface area contributed by atoms with Gasteiger partial charge in [0.2, 0.25) is 0 Å². The molecule has 0 saturated carbocycles. The Bertz CT molecular complexity index is 784. The molecular weight excluding hydrogens is 288 g/mol. The van der Waals surface area contributed by atoms with Gasteiger partial charge in [-0.2, -0.15) is 0 Å². The average molecular weight is 308 g/mol. The van der Waals surface area contributed by atoms with Gasteiger partial charge in [0.15, 0.2) is 0 Å². The van der Waals surface area contributed by atoms with Crippen molar-refractivity contribution in [1.29, 1.82) is 0 Å². The van der Waals surface area contributed by atoms with Crippen LogP contribution in [0.25, 0.3) is 11.3 Å². The van der Waals surface area contributed by atoms with E-state index in [2.05, 4.69) is 9.97 Å². The zero-order chi connectivity index (χ0) is 16.4. The van der Waals surface area contributed by atoms with Crippen LogP contribution < -0.4 is 16.2 Å². The number of nitrogens with two attached hydrogens (primary N) is 2. The first kappa shape index (κ1) is 15.2. The van der Waals surface area contributed by atoms with Gasteiger partial charge in [-0.25, -0.2) is 9.97 Å². The molecule has 0 aliphatic heterocycles. The van der Waals surface area contributed by atoms with E-state index in [1.54, 1.807) is 7.11 Å². The number of allylic oxidation sites excluding steroid dienone is 1. The molecular formula is C18H20N4O. The minimum absolute atomic E-state index is 0.0351. The van der Waals surface area contributed by atoms with E-state index in [-0.39, 0.29) is 5.92 Å². The summed E-state index contributed by atoms with van der Waals surface area (Å²) in [6.45, 7) is 2.03. The smallest absolute Gasteiger partial charge is 0.128 e. The van der Waals surface area contributed by atoms with Crippen LogP contribution in [0, 0.1) is 5.92 Å². The number of methoxy groups -OCH3 is 1. The number of rotatable bonds is 3. The van der Waals surface area contributed by atoms with E-state index < -0.39 is 5.54 Å². The van der Waals surface area contributed by atoms with Crippen LogP contribution >= 0.6 is 0 Å². The lowest BCUT2D eigenvalue weighted by molar-refractivity contribution is 0.415. The third-order valence-corrected chi connectivity index (χ3v) is 4.24. The van der Waals surface area contributed by atoms with Crippen LogP contribution in [0.5, 0.6) is 5.75 Å². The standard InChI is InChI=1S/C18H20N4O/c1-12-9-13(19)7-8-18(12,20)17-10-15(21-11-22-17)14-5-3-4-6-16(14)23-2/h3-12H,19-20H2,1-2H3. The predicted octanol–water partition coefficient (Wildman–Crippen LogP) is 2.35. The summed E-state index contributed by atoms with van der Waals surface area (Å²) in [5, 5.41) is 0. The summed E-state index contributed by atoms with van der Waals surface area (Å²) in [7, 11) is 1.64. The number of para-hydroxylation sites is 1. The monoisotopic (exact) mass is 308 g/mol. The third-order valence-electron chi connectivity index (χ3n) is 4.24. The molecule has 0 bridgehead atoms. The van der Waals surface area contributed by atoms with Gasteiger partial charge in [0.1, 0.15) is 12.1 Å². The molecule has 118 valence electrons. The lowest BCUT2D eigenvalue weighted by Crippen LogP contribution is -2.43. The van der Waals surface area contributed by atoms with Crippen molar-refractivity contribution in [3.05, 3.63) is 66.3 Å². The Balaban J connectivity index is 2.06. The molecule has 5 heteroatoms. The van der Waals surface area contributed by atoms with Crippen molar-refractivity contribution < 1.29 is 4.74 Å². The molecule has 0 spiro atoms. The maximum Gasteiger partial charge on any atom is 0.128 e. The molecule has 2 unspecified atom stereocenters. The van der Waals surface area contributed by atoms with E-state index in [1.165, 1.54) is 6.33 Å². The maximum absolute atomic E-state index is 6.60. The second kappa shape index (κ2) is 5.85. The average Bonchev–Trinajstić information content (AvgIpc) is 2.58. The number of hydrogen-bond donors (Lipinski definition) is 2. The molecule has 5 nitrogen and oxygen atoms in total. The van der Waals surface area contributed by atoms with E-state index in [0.717, 1.165) is 28.4 Å². The van der Waals surface area contributed by atoms with Crippen molar-refractivity contribution in [3.63, 3.8) is 0 Å². The van der Waals surface area contributed by atoms with Gasteiger partial charge in [0.25, 0.3) is 0 Å². The first-order valence-electron chi connectivity index (χ1n) is 7.46.